The minimum absolute atomic E-state index is 0.00665. The van der Waals surface area contributed by atoms with Crippen molar-refractivity contribution < 1.29 is 26.3 Å². The van der Waals surface area contributed by atoms with Crippen LogP contribution in [0.2, 0.25) is 0 Å². The first kappa shape index (κ1) is 38.5. The Bertz CT molecular complexity index is 3040. The van der Waals surface area contributed by atoms with Crippen LogP contribution in [0.5, 0.6) is 0 Å². The number of hydrogen-bond donors (Lipinski definition) is 0. The Balaban J connectivity index is 1.50. The van der Waals surface area contributed by atoms with Gasteiger partial charge in [0.1, 0.15) is 0 Å². The molecule has 0 saturated carbocycles. The van der Waals surface area contributed by atoms with Crippen molar-refractivity contribution in [2.75, 3.05) is 0 Å². The van der Waals surface area contributed by atoms with Gasteiger partial charge in [0.15, 0.2) is 5.82 Å². The second kappa shape index (κ2) is 15.0. The fourth-order valence-corrected chi connectivity index (χ4v) is 7.84. The van der Waals surface area contributed by atoms with Crippen LogP contribution in [0.4, 0.5) is 26.3 Å². The molecule has 2 aromatic heterocycles. The molecule has 0 aliphatic rings. The first-order valence-electron chi connectivity index (χ1n) is 18.8. The summed E-state index contributed by atoms with van der Waals surface area (Å²) >= 11 is 0. The van der Waals surface area contributed by atoms with Gasteiger partial charge in [-0.1, -0.05) is 97.1 Å². The normalized spacial score (nSPS) is 11.7. The predicted octanol–water partition coefficient (Wildman–Crippen LogP) is 13.7. The number of nitriles is 2. The molecule has 294 valence electrons. The highest BCUT2D eigenvalue weighted by Gasteiger charge is 2.37. The lowest BCUT2D eigenvalue weighted by molar-refractivity contribution is -0.137. The Labute approximate surface area is 344 Å². The van der Waals surface area contributed by atoms with Crippen molar-refractivity contribution in [1.82, 2.24) is 14.5 Å². The first-order chi connectivity index (χ1) is 29.4. The van der Waals surface area contributed by atoms with Crippen LogP contribution in [-0.2, 0) is 12.4 Å². The van der Waals surface area contributed by atoms with Crippen molar-refractivity contribution in [3.63, 3.8) is 0 Å². The van der Waals surface area contributed by atoms with Gasteiger partial charge in [-0.05, 0) is 77.9 Å². The Morgan fingerprint density at radius 3 is 1.31 bits per heavy atom. The lowest BCUT2D eigenvalue weighted by atomic mass is 9.88. The zero-order valence-corrected chi connectivity index (χ0v) is 31.6. The molecule has 7 aromatic carbocycles. The average molecular weight is 812 g/mol. The molecule has 0 spiro atoms. The third kappa shape index (κ3) is 7.02. The second-order valence-electron chi connectivity index (χ2n) is 14.2. The minimum Gasteiger partial charge on any atom is -0.308 e. The lowest BCUT2D eigenvalue weighted by Crippen LogP contribution is -2.11. The summed E-state index contributed by atoms with van der Waals surface area (Å²) in [7, 11) is 0. The Kier molecular flexibility index (Phi) is 9.45. The molecule has 0 saturated heterocycles. The van der Waals surface area contributed by atoms with Gasteiger partial charge in [0, 0.05) is 38.6 Å². The Morgan fingerprint density at radius 1 is 0.426 bits per heavy atom. The zero-order valence-electron chi connectivity index (χ0n) is 31.6. The largest absolute Gasteiger partial charge is 0.417 e. The highest BCUT2D eigenvalue weighted by atomic mass is 19.4. The highest BCUT2D eigenvalue weighted by Crippen LogP contribution is 2.49. The molecule has 0 atom stereocenters. The molecule has 9 rings (SSSR count). The van der Waals surface area contributed by atoms with Gasteiger partial charge < -0.3 is 4.57 Å². The molecule has 0 amide bonds. The van der Waals surface area contributed by atoms with Gasteiger partial charge in [-0.2, -0.15) is 36.9 Å². The van der Waals surface area contributed by atoms with E-state index >= 15 is 26.3 Å². The van der Waals surface area contributed by atoms with E-state index in [0.29, 0.717) is 44.5 Å². The van der Waals surface area contributed by atoms with Crippen LogP contribution >= 0.6 is 0 Å². The number of aromatic nitrogens is 3. The molecule has 5 nitrogen and oxygen atoms in total. The predicted molar refractivity (Wildman–Crippen MR) is 223 cm³/mol. The van der Waals surface area contributed by atoms with Crippen molar-refractivity contribution in [2.24, 2.45) is 0 Å². The van der Waals surface area contributed by atoms with Gasteiger partial charge in [-0.25, -0.2) is 9.97 Å². The maximum Gasteiger partial charge on any atom is 0.417 e. The molecule has 11 heteroatoms. The number of halogens is 6. The van der Waals surface area contributed by atoms with Crippen LogP contribution in [0.3, 0.4) is 0 Å². The number of nitrogens with zero attached hydrogens (tertiary/aromatic N) is 5. The standard InChI is InChI=1S/C50H27F6N5/c51-49(52,53)41-17-9-7-15-35(41)39-25-34(44-27-43(32-11-3-1-4-12-32)59-48(60-44)33-13-5-2-6-14-33)26-40(36-16-8-10-18-42(36)50(54,55)56)47(39)61-45-21-19-30(28-57)23-37(45)38-24-31(29-58)20-22-46(38)61/h1-27H. The smallest absolute Gasteiger partial charge is 0.308 e. The van der Waals surface area contributed by atoms with Crippen LogP contribution in [0.1, 0.15) is 22.3 Å². The molecule has 0 aliphatic carbocycles. The van der Waals surface area contributed by atoms with Crippen molar-refractivity contribution in [2.45, 2.75) is 12.4 Å². The summed E-state index contributed by atoms with van der Waals surface area (Å²) in [4.78, 5) is 9.77. The van der Waals surface area contributed by atoms with Crippen molar-refractivity contribution in [3.8, 4) is 74.0 Å². The Hall–Kier alpha value is -8.02. The van der Waals surface area contributed by atoms with E-state index in [1.54, 1.807) is 34.9 Å². The van der Waals surface area contributed by atoms with Crippen molar-refractivity contribution in [1.29, 1.82) is 10.5 Å². The maximum absolute atomic E-state index is 15.2. The summed E-state index contributed by atoms with van der Waals surface area (Å²) in [6.45, 7) is 0. The van der Waals surface area contributed by atoms with Gasteiger partial charge in [0.05, 0.1) is 62.5 Å². The Morgan fingerprint density at radius 2 is 0.852 bits per heavy atom. The number of benzene rings is 7. The van der Waals surface area contributed by atoms with E-state index in [2.05, 4.69) is 12.1 Å². The molecule has 0 N–H and O–H groups in total. The molecule has 2 heterocycles. The van der Waals surface area contributed by atoms with E-state index in [9.17, 15) is 10.5 Å². The maximum atomic E-state index is 15.2. The van der Waals surface area contributed by atoms with Crippen molar-refractivity contribution >= 4 is 21.8 Å². The van der Waals surface area contributed by atoms with E-state index in [1.165, 1.54) is 60.7 Å². The van der Waals surface area contributed by atoms with E-state index in [-0.39, 0.29) is 50.3 Å². The molecular formula is C50H27F6N5. The van der Waals surface area contributed by atoms with Gasteiger partial charge in [0.2, 0.25) is 0 Å². The summed E-state index contributed by atoms with van der Waals surface area (Å²) in [5, 5.41) is 20.7. The molecule has 0 radical (unpaired) electrons. The molecule has 0 aliphatic heterocycles. The van der Waals surface area contributed by atoms with Gasteiger partial charge in [-0.3, -0.25) is 0 Å². The summed E-state index contributed by atoms with van der Waals surface area (Å²) in [6.07, 6.45) is -9.76. The zero-order chi connectivity index (χ0) is 42.5. The van der Waals surface area contributed by atoms with Crippen LogP contribution < -0.4 is 0 Å². The third-order valence-electron chi connectivity index (χ3n) is 10.5. The SMILES string of the molecule is N#Cc1ccc2c(c1)c1cc(C#N)ccc1n2-c1c(-c2ccccc2C(F)(F)F)cc(-c2cc(-c3ccccc3)nc(-c3ccccc3)n2)cc1-c1ccccc1C(F)(F)F. The van der Waals surface area contributed by atoms with E-state index < -0.39 is 23.5 Å². The van der Waals surface area contributed by atoms with E-state index in [1.807, 2.05) is 60.7 Å². The van der Waals surface area contributed by atoms with E-state index in [4.69, 9.17) is 9.97 Å². The van der Waals surface area contributed by atoms with Gasteiger partial charge in [0.25, 0.3) is 0 Å². The number of fused-ring (bicyclic) bond motifs is 3. The first-order valence-corrected chi connectivity index (χ1v) is 18.8. The molecule has 61 heavy (non-hydrogen) atoms. The topological polar surface area (TPSA) is 78.3 Å². The summed E-state index contributed by atoms with van der Waals surface area (Å²) < 4.78 is 92.8. The second-order valence-corrected chi connectivity index (χ2v) is 14.2. The van der Waals surface area contributed by atoms with Crippen LogP contribution in [0, 0.1) is 22.7 Å². The fraction of sp³-hybridized carbons (Fsp3) is 0.0400. The molecule has 0 fully saturated rings. The summed E-state index contributed by atoms with van der Waals surface area (Å²) in [5.74, 6) is 0.291. The van der Waals surface area contributed by atoms with Gasteiger partial charge >= 0.3 is 12.4 Å². The molecular weight excluding hydrogens is 785 g/mol. The van der Waals surface area contributed by atoms with Crippen LogP contribution in [0.15, 0.2) is 164 Å². The quantitative estimate of drug-likeness (QED) is 0.157. The van der Waals surface area contributed by atoms with Crippen molar-refractivity contribution in [3.05, 3.63) is 186 Å². The average Bonchev–Trinajstić information content (AvgIpc) is 3.60. The lowest BCUT2D eigenvalue weighted by Gasteiger charge is -2.24. The highest BCUT2D eigenvalue weighted by molar-refractivity contribution is 6.11. The van der Waals surface area contributed by atoms with Crippen LogP contribution in [-0.4, -0.2) is 14.5 Å². The van der Waals surface area contributed by atoms with Crippen LogP contribution in [0.25, 0.3) is 83.6 Å². The minimum atomic E-state index is -4.88. The molecule has 0 bridgehead atoms. The fourth-order valence-electron chi connectivity index (χ4n) is 7.84. The summed E-state index contributed by atoms with van der Waals surface area (Å²) in [6, 6.07) is 46.5. The molecule has 0 unspecified atom stereocenters. The third-order valence-corrected chi connectivity index (χ3v) is 10.5. The number of hydrogen-bond acceptors (Lipinski definition) is 4. The number of alkyl halides is 6. The van der Waals surface area contributed by atoms with Gasteiger partial charge in [-0.15, -0.1) is 0 Å². The van der Waals surface area contributed by atoms with E-state index in [0.717, 1.165) is 12.1 Å². The number of rotatable bonds is 6. The monoisotopic (exact) mass is 811 g/mol. The molecule has 9 aromatic rings. The summed E-state index contributed by atoms with van der Waals surface area (Å²) in [5.41, 5.74) is 0.882.